The number of benzene rings is 3. The third kappa shape index (κ3) is 4.92. The number of para-hydroxylation sites is 4. The van der Waals surface area contributed by atoms with E-state index in [4.69, 9.17) is 9.47 Å². The van der Waals surface area contributed by atoms with Crippen LogP contribution in [0.5, 0.6) is 11.5 Å². The predicted molar refractivity (Wildman–Crippen MR) is 120 cm³/mol. The van der Waals surface area contributed by atoms with Gasteiger partial charge < -0.3 is 19.7 Å². The van der Waals surface area contributed by atoms with Gasteiger partial charge in [0.2, 0.25) is 0 Å². The highest BCUT2D eigenvalue weighted by Gasteiger charge is 2.18. The van der Waals surface area contributed by atoms with E-state index in [-0.39, 0.29) is 5.91 Å². The van der Waals surface area contributed by atoms with Crippen LogP contribution in [0.2, 0.25) is 0 Å². The van der Waals surface area contributed by atoms with Crippen LogP contribution >= 0.6 is 0 Å². The van der Waals surface area contributed by atoms with Crippen LogP contribution in [0, 0.1) is 0 Å². The number of nitrogens with one attached hydrogen (secondary N) is 1. The van der Waals surface area contributed by atoms with Crippen molar-refractivity contribution in [1.82, 2.24) is 0 Å². The number of hydrogen-bond acceptors (Lipinski definition) is 4. The molecule has 0 bridgehead atoms. The minimum Gasteiger partial charge on any atom is -0.490 e. The van der Waals surface area contributed by atoms with Gasteiger partial charge in [0.1, 0.15) is 24.7 Å². The van der Waals surface area contributed by atoms with Gasteiger partial charge >= 0.3 is 0 Å². The lowest BCUT2D eigenvalue weighted by Crippen LogP contribution is -2.21. The fourth-order valence-corrected chi connectivity index (χ4v) is 3.61. The minimum atomic E-state index is -0.179. The Bertz CT molecular complexity index is 969. The lowest BCUT2D eigenvalue weighted by molar-refractivity contribution is 0.102. The molecule has 1 aliphatic rings. The van der Waals surface area contributed by atoms with E-state index in [2.05, 4.69) is 16.3 Å². The Kier molecular flexibility index (Phi) is 6.50. The van der Waals surface area contributed by atoms with E-state index in [9.17, 15) is 4.79 Å². The normalized spacial score (nSPS) is 13.1. The molecule has 3 aromatic carbocycles. The molecule has 1 saturated heterocycles. The first-order valence-corrected chi connectivity index (χ1v) is 10.4. The summed E-state index contributed by atoms with van der Waals surface area (Å²) in [6.07, 6.45) is 2.37. The SMILES string of the molecule is O=C(Nc1ccccc1N1CCCC1)c1ccccc1OCCOc1ccccc1. The zero-order valence-electron chi connectivity index (χ0n) is 16.9. The molecule has 1 amide bonds. The molecule has 1 heterocycles. The van der Waals surface area contributed by atoms with Crippen molar-refractivity contribution in [1.29, 1.82) is 0 Å². The maximum atomic E-state index is 13.0. The average Bonchev–Trinajstić information content (AvgIpc) is 3.33. The summed E-state index contributed by atoms with van der Waals surface area (Å²) < 4.78 is 11.5. The third-order valence-corrected chi connectivity index (χ3v) is 5.08. The number of ether oxygens (including phenoxy) is 2. The molecule has 0 spiro atoms. The van der Waals surface area contributed by atoms with Crippen LogP contribution in [0.15, 0.2) is 78.9 Å². The van der Waals surface area contributed by atoms with Crippen molar-refractivity contribution in [2.75, 3.05) is 36.5 Å². The zero-order valence-corrected chi connectivity index (χ0v) is 16.9. The lowest BCUT2D eigenvalue weighted by atomic mass is 10.1. The second-order valence-electron chi connectivity index (χ2n) is 7.17. The molecule has 5 nitrogen and oxygen atoms in total. The Morgan fingerprint density at radius 1 is 0.800 bits per heavy atom. The van der Waals surface area contributed by atoms with Crippen molar-refractivity contribution in [3.05, 3.63) is 84.4 Å². The standard InChI is InChI=1S/C25H26N2O3/c28-25(26-22-13-5-6-14-23(22)27-16-8-9-17-27)21-12-4-7-15-24(21)30-19-18-29-20-10-2-1-3-11-20/h1-7,10-15H,8-9,16-19H2,(H,26,28). The van der Waals surface area contributed by atoms with E-state index in [0.717, 1.165) is 30.2 Å². The highest BCUT2D eigenvalue weighted by molar-refractivity contribution is 6.07. The summed E-state index contributed by atoms with van der Waals surface area (Å²) in [6.45, 7) is 2.79. The van der Waals surface area contributed by atoms with Gasteiger partial charge in [0.25, 0.3) is 5.91 Å². The van der Waals surface area contributed by atoms with E-state index in [1.54, 1.807) is 6.07 Å². The first kappa shape index (κ1) is 19.8. The molecule has 0 unspecified atom stereocenters. The molecule has 0 aromatic heterocycles. The molecule has 0 aliphatic carbocycles. The summed E-state index contributed by atoms with van der Waals surface area (Å²) >= 11 is 0. The topological polar surface area (TPSA) is 50.8 Å². The molecule has 154 valence electrons. The van der Waals surface area contributed by atoms with Gasteiger partial charge in [-0.05, 0) is 49.2 Å². The molecule has 1 N–H and O–H groups in total. The zero-order chi connectivity index (χ0) is 20.6. The van der Waals surface area contributed by atoms with Crippen LogP contribution in [-0.4, -0.2) is 32.2 Å². The van der Waals surface area contributed by atoms with Crippen LogP contribution in [-0.2, 0) is 0 Å². The van der Waals surface area contributed by atoms with Crippen molar-refractivity contribution in [2.45, 2.75) is 12.8 Å². The van der Waals surface area contributed by atoms with E-state index in [1.807, 2.05) is 66.7 Å². The quantitative estimate of drug-likeness (QED) is 0.539. The molecule has 3 aromatic rings. The first-order valence-electron chi connectivity index (χ1n) is 10.4. The van der Waals surface area contributed by atoms with Crippen LogP contribution in [0.3, 0.4) is 0 Å². The Morgan fingerprint density at radius 3 is 2.30 bits per heavy atom. The number of anilines is 2. The van der Waals surface area contributed by atoms with Gasteiger partial charge in [0.05, 0.1) is 16.9 Å². The highest BCUT2D eigenvalue weighted by atomic mass is 16.5. The Hall–Kier alpha value is -3.47. The Morgan fingerprint density at radius 2 is 1.47 bits per heavy atom. The van der Waals surface area contributed by atoms with E-state index < -0.39 is 0 Å². The maximum absolute atomic E-state index is 13.0. The van der Waals surface area contributed by atoms with Gasteiger partial charge in [0.15, 0.2) is 0 Å². The van der Waals surface area contributed by atoms with Gasteiger partial charge in [-0.1, -0.05) is 42.5 Å². The molecule has 0 saturated carbocycles. The van der Waals surface area contributed by atoms with Gasteiger partial charge in [-0.15, -0.1) is 0 Å². The number of rotatable bonds is 8. The van der Waals surface area contributed by atoms with Gasteiger partial charge in [-0.3, -0.25) is 4.79 Å². The molecule has 30 heavy (non-hydrogen) atoms. The fraction of sp³-hybridized carbons (Fsp3) is 0.240. The predicted octanol–water partition coefficient (Wildman–Crippen LogP) is 5.00. The first-order chi connectivity index (χ1) is 14.8. The lowest BCUT2D eigenvalue weighted by Gasteiger charge is -2.21. The molecule has 0 atom stereocenters. The van der Waals surface area contributed by atoms with E-state index in [0.29, 0.717) is 24.5 Å². The molecule has 1 aliphatic heterocycles. The van der Waals surface area contributed by atoms with Crippen molar-refractivity contribution in [2.24, 2.45) is 0 Å². The van der Waals surface area contributed by atoms with E-state index in [1.165, 1.54) is 12.8 Å². The largest absolute Gasteiger partial charge is 0.490 e. The molecular weight excluding hydrogens is 376 g/mol. The van der Waals surface area contributed by atoms with Crippen LogP contribution < -0.4 is 19.7 Å². The van der Waals surface area contributed by atoms with Crippen LogP contribution in [0.1, 0.15) is 23.2 Å². The molecule has 1 fully saturated rings. The summed E-state index contributed by atoms with van der Waals surface area (Å²) in [4.78, 5) is 15.3. The average molecular weight is 402 g/mol. The molecule has 5 heteroatoms. The van der Waals surface area contributed by atoms with Gasteiger partial charge in [-0.2, -0.15) is 0 Å². The summed E-state index contributed by atoms with van der Waals surface area (Å²) in [5, 5.41) is 3.07. The van der Waals surface area contributed by atoms with Crippen molar-refractivity contribution >= 4 is 17.3 Å². The fourth-order valence-electron chi connectivity index (χ4n) is 3.61. The van der Waals surface area contributed by atoms with Crippen LogP contribution in [0.25, 0.3) is 0 Å². The third-order valence-electron chi connectivity index (χ3n) is 5.08. The summed E-state index contributed by atoms with van der Waals surface area (Å²) in [5.41, 5.74) is 2.40. The minimum absolute atomic E-state index is 0.179. The molecule has 4 rings (SSSR count). The smallest absolute Gasteiger partial charge is 0.259 e. The maximum Gasteiger partial charge on any atom is 0.259 e. The highest BCUT2D eigenvalue weighted by Crippen LogP contribution is 2.29. The number of carbonyl (C=O) groups is 1. The monoisotopic (exact) mass is 402 g/mol. The molecular formula is C25H26N2O3. The Labute approximate surface area is 177 Å². The summed E-state index contributed by atoms with van der Waals surface area (Å²) in [6, 6.07) is 24.9. The number of hydrogen-bond donors (Lipinski definition) is 1. The van der Waals surface area contributed by atoms with Crippen molar-refractivity contribution < 1.29 is 14.3 Å². The second kappa shape index (κ2) is 9.83. The summed E-state index contributed by atoms with van der Waals surface area (Å²) in [5.74, 6) is 1.16. The number of nitrogens with zero attached hydrogens (tertiary/aromatic N) is 1. The van der Waals surface area contributed by atoms with E-state index >= 15 is 0 Å². The number of carbonyl (C=O) groups excluding carboxylic acids is 1. The second-order valence-corrected chi connectivity index (χ2v) is 7.17. The van der Waals surface area contributed by atoms with Gasteiger partial charge in [-0.25, -0.2) is 0 Å². The Balaban J connectivity index is 1.40. The van der Waals surface area contributed by atoms with Crippen molar-refractivity contribution in [3.63, 3.8) is 0 Å². The van der Waals surface area contributed by atoms with Crippen molar-refractivity contribution in [3.8, 4) is 11.5 Å². The molecule has 0 radical (unpaired) electrons. The van der Waals surface area contributed by atoms with Gasteiger partial charge in [0, 0.05) is 13.1 Å². The van der Waals surface area contributed by atoms with Crippen LogP contribution in [0.4, 0.5) is 11.4 Å². The summed E-state index contributed by atoms with van der Waals surface area (Å²) in [7, 11) is 0. The number of amides is 1.